The molecule has 5 nitrogen and oxygen atoms in total. The number of nitrogens with zero attached hydrogens (tertiary/aromatic N) is 3. The Balaban J connectivity index is 0.000000789. The number of benzene rings is 1. The maximum absolute atomic E-state index is 12.9. The smallest absolute Gasteiger partial charge is 0.266 e. The van der Waals surface area contributed by atoms with Gasteiger partial charge in [-0.1, -0.05) is 59.7 Å². The Morgan fingerprint density at radius 3 is 2.12 bits per heavy atom. The second-order valence-corrected chi connectivity index (χ2v) is 6.06. The third-order valence-corrected chi connectivity index (χ3v) is 4.30. The third kappa shape index (κ3) is 6.77. The zero-order valence-corrected chi connectivity index (χ0v) is 20.4. The molecule has 0 spiro atoms. The Kier molecular flexibility index (Phi) is 12.1. The second kappa shape index (κ2) is 14.5. The van der Waals surface area contributed by atoms with Crippen LogP contribution in [0.3, 0.4) is 0 Å². The van der Waals surface area contributed by atoms with Gasteiger partial charge in [-0.05, 0) is 31.2 Å². The summed E-state index contributed by atoms with van der Waals surface area (Å²) in [4.78, 5) is 19.0. The summed E-state index contributed by atoms with van der Waals surface area (Å²) in [6.07, 6.45) is 7.29. The maximum Gasteiger partial charge on any atom is 0.266 e. The molecule has 3 heterocycles. The van der Waals surface area contributed by atoms with Crippen LogP contribution in [0, 0.1) is 0 Å². The van der Waals surface area contributed by atoms with Gasteiger partial charge in [0.1, 0.15) is 12.0 Å². The van der Waals surface area contributed by atoms with Gasteiger partial charge >= 0.3 is 0 Å². The summed E-state index contributed by atoms with van der Waals surface area (Å²) in [5, 5.41) is 0. The first-order chi connectivity index (χ1) is 15.7. The SMILES string of the molecule is CC.CC.CC.CC1=COc2ccccc2C(=O)N1C[n+]1ccc(-c2ccccn2)cc1. The van der Waals surface area contributed by atoms with E-state index in [0.29, 0.717) is 18.0 Å². The van der Waals surface area contributed by atoms with Gasteiger partial charge in [0.15, 0.2) is 12.4 Å². The zero-order valence-electron chi connectivity index (χ0n) is 20.4. The van der Waals surface area contributed by atoms with Gasteiger partial charge in [-0.2, -0.15) is 4.57 Å². The van der Waals surface area contributed by atoms with E-state index in [9.17, 15) is 4.79 Å². The predicted molar refractivity (Wildman–Crippen MR) is 131 cm³/mol. The fourth-order valence-corrected chi connectivity index (χ4v) is 2.86. The number of rotatable bonds is 3. The largest absolute Gasteiger partial charge is 0.462 e. The van der Waals surface area contributed by atoms with Crippen molar-refractivity contribution in [3.63, 3.8) is 0 Å². The summed E-state index contributed by atoms with van der Waals surface area (Å²) in [5.74, 6) is 0.503. The van der Waals surface area contributed by atoms with Crippen LogP contribution in [0.25, 0.3) is 11.3 Å². The highest BCUT2D eigenvalue weighted by atomic mass is 16.5. The number of hydrogen-bond acceptors (Lipinski definition) is 3. The van der Waals surface area contributed by atoms with Crippen LogP contribution in [0.5, 0.6) is 5.75 Å². The number of ether oxygens (including phenoxy) is 1. The van der Waals surface area contributed by atoms with Crippen molar-refractivity contribution in [1.29, 1.82) is 0 Å². The Morgan fingerprint density at radius 2 is 1.50 bits per heavy atom. The van der Waals surface area contributed by atoms with Crippen molar-refractivity contribution < 1.29 is 14.1 Å². The van der Waals surface area contributed by atoms with Crippen LogP contribution >= 0.6 is 0 Å². The van der Waals surface area contributed by atoms with E-state index in [-0.39, 0.29) is 5.91 Å². The van der Waals surface area contributed by atoms with E-state index in [1.54, 1.807) is 29.5 Å². The van der Waals surface area contributed by atoms with Crippen molar-refractivity contribution in [3.05, 3.63) is 90.7 Å². The van der Waals surface area contributed by atoms with Crippen LogP contribution in [0.2, 0.25) is 0 Å². The van der Waals surface area contributed by atoms with Crippen LogP contribution in [0.4, 0.5) is 0 Å². The summed E-state index contributed by atoms with van der Waals surface area (Å²) in [5.41, 5.74) is 3.27. The summed E-state index contributed by atoms with van der Waals surface area (Å²) < 4.78 is 7.59. The molecular weight excluding hydrogens is 398 g/mol. The number of allylic oxidation sites excluding steroid dienone is 1. The lowest BCUT2D eigenvalue weighted by molar-refractivity contribution is -0.711. The topological polar surface area (TPSA) is 46.3 Å². The molecule has 170 valence electrons. The molecule has 1 aliphatic rings. The highest BCUT2D eigenvalue weighted by Gasteiger charge is 2.26. The van der Waals surface area contributed by atoms with Gasteiger partial charge in [0, 0.05) is 23.9 Å². The number of aromatic nitrogens is 2. The quantitative estimate of drug-likeness (QED) is 0.444. The lowest BCUT2D eigenvalue weighted by Crippen LogP contribution is -2.45. The van der Waals surface area contributed by atoms with E-state index >= 15 is 0 Å². The van der Waals surface area contributed by atoms with E-state index < -0.39 is 0 Å². The fraction of sp³-hybridized carbons (Fsp3) is 0.296. The van der Waals surface area contributed by atoms with Crippen molar-refractivity contribution in [1.82, 2.24) is 9.88 Å². The van der Waals surface area contributed by atoms with E-state index in [0.717, 1.165) is 17.0 Å². The van der Waals surface area contributed by atoms with Crippen molar-refractivity contribution in [2.24, 2.45) is 0 Å². The van der Waals surface area contributed by atoms with Crippen LogP contribution in [0.15, 0.2) is 85.1 Å². The molecule has 5 heteroatoms. The van der Waals surface area contributed by atoms with Gasteiger partial charge in [-0.25, -0.2) is 0 Å². The Labute approximate surface area is 193 Å². The third-order valence-electron chi connectivity index (χ3n) is 4.30. The fourth-order valence-electron chi connectivity index (χ4n) is 2.86. The normalized spacial score (nSPS) is 11.5. The molecule has 0 saturated carbocycles. The van der Waals surface area contributed by atoms with Crippen molar-refractivity contribution in [3.8, 4) is 17.0 Å². The predicted octanol–water partition coefficient (Wildman–Crippen LogP) is 6.47. The van der Waals surface area contributed by atoms with Crippen LogP contribution in [-0.2, 0) is 6.67 Å². The van der Waals surface area contributed by atoms with Crippen LogP contribution in [0.1, 0.15) is 58.8 Å². The number of pyridine rings is 2. The number of hydrogen-bond donors (Lipinski definition) is 0. The van der Waals surface area contributed by atoms with Crippen molar-refractivity contribution in [2.45, 2.75) is 55.1 Å². The maximum atomic E-state index is 12.9. The van der Waals surface area contributed by atoms with Gasteiger partial charge in [0.2, 0.25) is 6.67 Å². The summed E-state index contributed by atoms with van der Waals surface area (Å²) in [7, 11) is 0. The van der Waals surface area contributed by atoms with Crippen molar-refractivity contribution >= 4 is 5.91 Å². The molecule has 32 heavy (non-hydrogen) atoms. The summed E-state index contributed by atoms with van der Waals surface area (Å²) in [6.45, 7) is 14.3. The van der Waals surface area contributed by atoms with Gasteiger partial charge in [-0.15, -0.1) is 0 Å². The average molecular weight is 435 g/mol. The summed E-state index contributed by atoms with van der Waals surface area (Å²) >= 11 is 0. The molecule has 0 N–H and O–H groups in total. The molecule has 0 bridgehead atoms. The summed E-state index contributed by atoms with van der Waals surface area (Å²) in [6, 6.07) is 17.1. The number of fused-ring (bicyclic) bond motifs is 1. The molecule has 0 unspecified atom stereocenters. The van der Waals surface area contributed by atoms with Gasteiger partial charge < -0.3 is 4.74 Å². The molecule has 2 aromatic heterocycles. The lowest BCUT2D eigenvalue weighted by atomic mass is 10.1. The Morgan fingerprint density at radius 1 is 0.875 bits per heavy atom. The molecular formula is C27H36N3O2+. The first-order valence-electron chi connectivity index (χ1n) is 11.4. The molecule has 4 rings (SSSR count). The number of para-hydroxylation sites is 1. The molecule has 0 radical (unpaired) electrons. The highest BCUT2D eigenvalue weighted by molar-refractivity contribution is 5.98. The minimum absolute atomic E-state index is 0.0758. The van der Waals surface area contributed by atoms with Gasteiger partial charge in [0.05, 0.1) is 17.0 Å². The number of carbonyl (C=O) groups excluding carboxylic acids is 1. The molecule has 3 aromatic rings. The molecule has 0 saturated heterocycles. The lowest BCUT2D eigenvalue weighted by Gasteiger charge is -2.17. The molecule has 1 amide bonds. The van der Waals surface area contributed by atoms with E-state index in [1.807, 2.05) is 108 Å². The molecule has 1 aromatic carbocycles. The monoisotopic (exact) mass is 434 g/mol. The first kappa shape index (κ1) is 26.6. The average Bonchev–Trinajstić information content (AvgIpc) is 3.01. The molecule has 0 atom stereocenters. The first-order valence-corrected chi connectivity index (χ1v) is 11.4. The van der Waals surface area contributed by atoms with Gasteiger partial charge in [0.25, 0.3) is 5.91 Å². The number of amides is 1. The van der Waals surface area contributed by atoms with Crippen molar-refractivity contribution in [2.75, 3.05) is 0 Å². The van der Waals surface area contributed by atoms with Gasteiger partial charge in [-0.3, -0.25) is 14.7 Å². The second-order valence-electron chi connectivity index (χ2n) is 6.06. The standard InChI is InChI=1S/C21H18N3O2.3C2H6/c1-16-14-26-20-8-3-2-6-18(20)21(25)24(16)15-23-12-9-17(10-13-23)19-7-4-5-11-22-19;3*1-2/h2-14H,15H2,1H3;3*1-2H3/q+1;;;. The highest BCUT2D eigenvalue weighted by Crippen LogP contribution is 2.25. The molecule has 0 fully saturated rings. The Hall–Kier alpha value is -3.47. The Bertz CT molecular complexity index is 968. The van der Waals surface area contributed by atoms with E-state index in [2.05, 4.69) is 4.98 Å². The molecule has 1 aliphatic heterocycles. The minimum Gasteiger partial charge on any atom is -0.462 e. The van der Waals surface area contributed by atoms with Crippen LogP contribution < -0.4 is 9.30 Å². The van der Waals surface area contributed by atoms with E-state index in [4.69, 9.17) is 4.74 Å². The minimum atomic E-state index is -0.0758. The van der Waals surface area contributed by atoms with Crippen LogP contribution in [-0.4, -0.2) is 15.8 Å². The zero-order chi connectivity index (χ0) is 23.9. The number of carbonyl (C=O) groups is 1. The van der Waals surface area contributed by atoms with E-state index in [1.165, 1.54) is 0 Å². The molecule has 0 aliphatic carbocycles.